The Bertz CT molecular complexity index is 514. The van der Waals surface area contributed by atoms with Crippen molar-refractivity contribution in [2.75, 3.05) is 12.0 Å². The summed E-state index contributed by atoms with van der Waals surface area (Å²) in [4.78, 5) is 11.8. The van der Waals surface area contributed by atoms with Gasteiger partial charge < -0.3 is 4.42 Å². The van der Waals surface area contributed by atoms with Crippen LogP contribution in [0.5, 0.6) is 0 Å². The zero-order valence-corrected chi connectivity index (χ0v) is 11.5. The molecular weight excluding hydrogens is 268 g/mol. The van der Waals surface area contributed by atoms with Crippen LogP contribution in [-0.2, 0) is 5.75 Å². The van der Waals surface area contributed by atoms with Gasteiger partial charge in [0.05, 0.1) is 11.5 Å². The minimum Gasteiger partial charge on any atom is -0.415 e. The zero-order valence-electron chi connectivity index (χ0n) is 9.83. The normalized spacial score (nSPS) is 10.5. The molecule has 0 spiro atoms. The van der Waals surface area contributed by atoms with Crippen LogP contribution in [0.2, 0.25) is 0 Å². The molecular formula is C12H12N2O2S2. The van der Waals surface area contributed by atoms with Gasteiger partial charge >= 0.3 is 0 Å². The third kappa shape index (κ3) is 3.61. The van der Waals surface area contributed by atoms with Crippen LogP contribution < -0.4 is 0 Å². The van der Waals surface area contributed by atoms with Crippen molar-refractivity contribution in [2.45, 2.75) is 11.0 Å². The molecule has 2 rings (SSSR count). The minimum absolute atomic E-state index is 0.0604. The summed E-state index contributed by atoms with van der Waals surface area (Å²) in [6, 6.07) is 9.19. The molecule has 0 bridgehead atoms. The molecule has 0 saturated heterocycles. The van der Waals surface area contributed by atoms with E-state index in [2.05, 4.69) is 10.2 Å². The van der Waals surface area contributed by atoms with E-state index >= 15 is 0 Å². The number of carbonyl (C=O) groups is 1. The number of hydrogen-bond acceptors (Lipinski definition) is 6. The van der Waals surface area contributed by atoms with Crippen molar-refractivity contribution in [3.05, 3.63) is 41.8 Å². The van der Waals surface area contributed by atoms with Gasteiger partial charge in [0.2, 0.25) is 5.89 Å². The van der Waals surface area contributed by atoms with Gasteiger partial charge in [0.15, 0.2) is 5.78 Å². The summed E-state index contributed by atoms with van der Waals surface area (Å²) in [7, 11) is 0. The maximum absolute atomic E-state index is 11.8. The van der Waals surface area contributed by atoms with Gasteiger partial charge in [-0.15, -0.1) is 10.2 Å². The molecule has 6 heteroatoms. The Morgan fingerprint density at radius 1 is 1.28 bits per heavy atom. The maximum Gasteiger partial charge on any atom is 0.277 e. The summed E-state index contributed by atoms with van der Waals surface area (Å²) in [6.07, 6.45) is 1.97. The van der Waals surface area contributed by atoms with Crippen molar-refractivity contribution in [1.82, 2.24) is 10.2 Å². The largest absolute Gasteiger partial charge is 0.415 e. The first kappa shape index (κ1) is 13.2. The van der Waals surface area contributed by atoms with E-state index in [0.29, 0.717) is 28.2 Å². The monoisotopic (exact) mass is 280 g/mol. The standard InChI is InChI=1S/C12H12N2O2S2/c1-17-8-11-13-14-12(16-11)18-7-10(15)9-5-3-2-4-6-9/h2-6H,7-8H2,1H3. The molecule has 1 aromatic carbocycles. The first-order valence-corrected chi connectivity index (χ1v) is 7.70. The molecule has 18 heavy (non-hydrogen) atoms. The molecule has 0 aliphatic carbocycles. The first-order chi connectivity index (χ1) is 8.79. The Labute approximate surface area is 114 Å². The highest BCUT2D eigenvalue weighted by Gasteiger charge is 2.10. The lowest BCUT2D eigenvalue weighted by atomic mass is 10.2. The number of hydrogen-bond donors (Lipinski definition) is 0. The fraction of sp³-hybridized carbons (Fsp3) is 0.250. The summed E-state index contributed by atoms with van der Waals surface area (Å²) in [5, 5.41) is 8.22. The summed E-state index contributed by atoms with van der Waals surface area (Å²) in [5.41, 5.74) is 0.703. The van der Waals surface area contributed by atoms with E-state index in [1.807, 2.05) is 24.5 Å². The highest BCUT2D eigenvalue weighted by molar-refractivity contribution is 7.99. The van der Waals surface area contributed by atoms with Crippen LogP contribution in [0.15, 0.2) is 40.0 Å². The average molecular weight is 280 g/mol. The van der Waals surface area contributed by atoms with Crippen LogP contribution in [0.25, 0.3) is 0 Å². The van der Waals surface area contributed by atoms with Gasteiger partial charge in [-0.2, -0.15) is 11.8 Å². The first-order valence-electron chi connectivity index (χ1n) is 5.32. The zero-order chi connectivity index (χ0) is 12.8. The lowest BCUT2D eigenvalue weighted by molar-refractivity contribution is 0.102. The van der Waals surface area contributed by atoms with Gasteiger partial charge in [-0.3, -0.25) is 4.79 Å². The van der Waals surface area contributed by atoms with E-state index < -0.39 is 0 Å². The number of carbonyl (C=O) groups excluding carboxylic acids is 1. The highest BCUT2D eigenvalue weighted by Crippen LogP contribution is 2.19. The van der Waals surface area contributed by atoms with E-state index in [9.17, 15) is 4.79 Å². The van der Waals surface area contributed by atoms with Crippen LogP contribution in [0.1, 0.15) is 16.2 Å². The van der Waals surface area contributed by atoms with E-state index in [1.165, 1.54) is 11.8 Å². The Hall–Kier alpha value is -1.27. The van der Waals surface area contributed by atoms with E-state index in [4.69, 9.17) is 4.42 Å². The summed E-state index contributed by atoms with van der Waals surface area (Å²) >= 11 is 2.89. The Kier molecular flexibility index (Phi) is 4.83. The molecule has 94 valence electrons. The smallest absolute Gasteiger partial charge is 0.277 e. The van der Waals surface area contributed by atoms with Crippen LogP contribution in [0.3, 0.4) is 0 Å². The third-order valence-corrected chi connectivity index (χ3v) is 3.49. The fourth-order valence-corrected chi connectivity index (χ4v) is 2.35. The lowest BCUT2D eigenvalue weighted by Gasteiger charge is -1.97. The van der Waals surface area contributed by atoms with Crippen LogP contribution in [0, 0.1) is 0 Å². The van der Waals surface area contributed by atoms with E-state index in [-0.39, 0.29) is 5.78 Å². The predicted molar refractivity (Wildman–Crippen MR) is 73.0 cm³/mol. The van der Waals surface area contributed by atoms with Crippen molar-refractivity contribution in [3.8, 4) is 0 Å². The van der Waals surface area contributed by atoms with Gasteiger partial charge in [-0.1, -0.05) is 42.1 Å². The molecule has 1 heterocycles. The van der Waals surface area contributed by atoms with Gasteiger partial charge in [-0.05, 0) is 6.26 Å². The Morgan fingerprint density at radius 2 is 2.06 bits per heavy atom. The third-order valence-electron chi connectivity index (χ3n) is 2.14. The number of benzene rings is 1. The van der Waals surface area contributed by atoms with Gasteiger partial charge in [0.1, 0.15) is 0 Å². The van der Waals surface area contributed by atoms with Gasteiger partial charge in [0.25, 0.3) is 5.22 Å². The molecule has 0 amide bonds. The second-order valence-electron chi connectivity index (χ2n) is 3.47. The van der Waals surface area contributed by atoms with Crippen LogP contribution in [0.4, 0.5) is 0 Å². The molecule has 0 saturated carbocycles. The molecule has 0 N–H and O–H groups in total. The van der Waals surface area contributed by atoms with Crippen molar-refractivity contribution in [1.29, 1.82) is 0 Å². The Morgan fingerprint density at radius 3 is 2.78 bits per heavy atom. The number of Topliss-reactive ketones (excluding diaryl/α,β-unsaturated/α-hetero) is 1. The second kappa shape index (κ2) is 6.61. The summed E-state index contributed by atoms with van der Waals surface area (Å²) < 4.78 is 5.38. The number of ketones is 1. The molecule has 1 aromatic heterocycles. The molecule has 0 atom stereocenters. The van der Waals surface area contributed by atoms with Crippen molar-refractivity contribution in [3.63, 3.8) is 0 Å². The summed E-state index contributed by atoms with van der Waals surface area (Å²) in [5.74, 6) is 1.66. The fourth-order valence-electron chi connectivity index (χ4n) is 1.31. The molecule has 4 nitrogen and oxygen atoms in total. The number of rotatable bonds is 6. The molecule has 0 aliphatic heterocycles. The van der Waals surface area contributed by atoms with Crippen LogP contribution in [-0.4, -0.2) is 28.0 Å². The quantitative estimate of drug-likeness (QED) is 0.599. The molecule has 0 fully saturated rings. The van der Waals surface area contributed by atoms with Crippen molar-refractivity contribution >= 4 is 29.3 Å². The van der Waals surface area contributed by atoms with Crippen molar-refractivity contribution < 1.29 is 9.21 Å². The second-order valence-corrected chi connectivity index (χ2v) is 5.27. The number of aromatic nitrogens is 2. The highest BCUT2D eigenvalue weighted by atomic mass is 32.2. The molecule has 2 aromatic rings. The van der Waals surface area contributed by atoms with Gasteiger partial charge in [0, 0.05) is 5.56 Å². The minimum atomic E-state index is 0.0604. The lowest BCUT2D eigenvalue weighted by Crippen LogP contribution is -2.01. The molecule has 0 unspecified atom stereocenters. The maximum atomic E-state index is 11.8. The van der Waals surface area contributed by atoms with E-state index in [0.717, 1.165) is 0 Å². The van der Waals surface area contributed by atoms with Crippen LogP contribution >= 0.6 is 23.5 Å². The Balaban J connectivity index is 1.89. The molecule has 0 radical (unpaired) electrons. The van der Waals surface area contributed by atoms with Gasteiger partial charge in [-0.25, -0.2) is 0 Å². The van der Waals surface area contributed by atoms with Crippen molar-refractivity contribution in [2.24, 2.45) is 0 Å². The topological polar surface area (TPSA) is 56.0 Å². The predicted octanol–water partition coefficient (Wildman–Crippen LogP) is 2.91. The number of thioether (sulfide) groups is 2. The summed E-state index contributed by atoms with van der Waals surface area (Å²) in [6.45, 7) is 0. The SMILES string of the molecule is CSCc1nnc(SCC(=O)c2ccccc2)o1. The average Bonchev–Trinajstić information content (AvgIpc) is 2.85. The van der Waals surface area contributed by atoms with E-state index in [1.54, 1.807) is 23.9 Å². The molecule has 0 aliphatic rings. The number of nitrogens with zero attached hydrogens (tertiary/aromatic N) is 2.